The SMILES string of the molecule is CC(C)N(C)C(=O)CNc1nc(-c2ccc(C(F)(F)F)cc2)nc(-c2ccccc2)c1Cl. The first kappa shape index (κ1) is 23.5. The summed E-state index contributed by atoms with van der Waals surface area (Å²) in [6.45, 7) is 3.74. The highest BCUT2D eigenvalue weighted by Gasteiger charge is 2.30. The summed E-state index contributed by atoms with van der Waals surface area (Å²) in [4.78, 5) is 22.8. The van der Waals surface area contributed by atoms with E-state index in [0.29, 0.717) is 16.8 Å². The smallest absolute Gasteiger partial charge is 0.360 e. The van der Waals surface area contributed by atoms with Crippen LogP contribution in [0.2, 0.25) is 5.02 Å². The summed E-state index contributed by atoms with van der Waals surface area (Å²) in [6, 6.07) is 13.7. The minimum Gasteiger partial charge on any atom is -0.360 e. The summed E-state index contributed by atoms with van der Waals surface area (Å²) in [6.07, 6.45) is -4.44. The molecule has 0 bridgehead atoms. The van der Waals surface area contributed by atoms with Crippen molar-refractivity contribution in [2.75, 3.05) is 18.9 Å². The van der Waals surface area contributed by atoms with E-state index in [0.717, 1.165) is 12.1 Å². The molecule has 1 heterocycles. The lowest BCUT2D eigenvalue weighted by Gasteiger charge is -2.22. The average molecular weight is 463 g/mol. The maximum atomic E-state index is 12.9. The molecule has 0 aliphatic heterocycles. The minimum atomic E-state index is -4.44. The largest absolute Gasteiger partial charge is 0.416 e. The molecular weight excluding hydrogens is 441 g/mol. The summed E-state index contributed by atoms with van der Waals surface area (Å²) in [7, 11) is 1.69. The molecule has 9 heteroatoms. The Kier molecular flexibility index (Phi) is 7.03. The van der Waals surface area contributed by atoms with Crippen molar-refractivity contribution in [3.63, 3.8) is 0 Å². The van der Waals surface area contributed by atoms with Gasteiger partial charge in [0.2, 0.25) is 5.91 Å². The summed E-state index contributed by atoms with van der Waals surface area (Å²) >= 11 is 6.55. The first-order valence-corrected chi connectivity index (χ1v) is 10.3. The van der Waals surface area contributed by atoms with E-state index in [2.05, 4.69) is 15.3 Å². The second kappa shape index (κ2) is 9.56. The molecule has 5 nitrogen and oxygen atoms in total. The topological polar surface area (TPSA) is 58.1 Å². The Hall–Kier alpha value is -3.13. The number of benzene rings is 2. The monoisotopic (exact) mass is 462 g/mol. The number of likely N-dealkylation sites (N-methyl/N-ethyl adjacent to an activating group) is 1. The van der Waals surface area contributed by atoms with Crippen LogP contribution >= 0.6 is 11.6 Å². The molecule has 1 N–H and O–H groups in total. The molecule has 0 saturated heterocycles. The third-order valence-corrected chi connectivity index (χ3v) is 5.30. The van der Waals surface area contributed by atoms with Gasteiger partial charge in [0.25, 0.3) is 0 Å². The number of aromatic nitrogens is 2. The van der Waals surface area contributed by atoms with Crippen molar-refractivity contribution in [3.05, 3.63) is 65.2 Å². The van der Waals surface area contributed by atoms with Crippen molar-refractivity contribution in [3.8, 4) is 22.6 Å². The van der Waals surface area contributed by atoms with Gasteiger partial charge in [-0.1, -0.05) is 54.1 Å². The highest BCUT2D eigenvalue weighted by molar-refractivity contribution is 6.35. The molecule has 0 fully saturated rings. The number of anilines is 1. The van der Waals surface area contributed by atoms with E-state index in [9.17, 15) is 18.0 Å². The number of hydrogen-bond donors (Lipinski definition) is 1. The van der Waals surface area contributed by atoms with Crippen LogP contribution in [0.25, 0.3) is 22.6 Å². The number of hydrogen-bond acceptors (Lipinski definition) is 4. The van der Waals surface area contributed by atoms with Crippen molar-refractivity contribution in [1.82, 2.24) is 14.9 Å². The normalized spacial score (nSPS) is 11.5. The summed E-state index contributed by atoms with van der Waals surface area (Å²) in [5.74, 6) is 0.252. The standard InChI is InChI=1S/C23H22ClF3N4O/c1-14(2)31(3)18(32)13-28-22-19(24)20(15-7-5-4-6-8-15)29-21(30-22)16-9-11-17(12-10-16)23(25,26)27/h4-12,14H,13H2,1-3H3,(H,28,29,30). The molecule has 0 aliphatic rings. The van der Waals surface area contributed by atoms with E-state index >= 15 is 0 Å². The van der Waals surface area contributed by atoms with Gasteiger partial charge in [-0.05, 0) is 26.0 Å². The second-order valence-electron chi connectivity index (χ2n) is 7.45. The predicted molar refractivity (Wildman–Crippen MR) is 119 cm³/mol. The Morgan fingerprint density at radius 1 is 1.03 bits per heavy atom. The van der Waals surface area contributed by atoms with Crippen molar-refractivity contribution in [2.24, 2.45) is 0 Å². The van der Waals surface area contributed by atoms with E-state index in [4.69, 9.17) is 11.6 Å². The van der Waals surface area contributed by atoms with Crippen LogP contribution < -0.4 is 5.32 Å². The fraction of sp³-hybridized carbons (Fsp3) is 0.261. The summed E-state index contributed by atoms with van der Waals surface area (Å²) in [5.41, 5.74) is 0.741. The number of carbonyl (C=O) groups is 1. The Balaban J connectivity index is 2.02. The van der Waals surface area contributed by atoms with Crippen LogP contribution in [-0.4, -0.2) is 40.4 Å². The average Bonchev–Trinajstić information content (AvgIpc) is 2.77. The fourth-order valence-electron chi connectivity index (χ4n) is 2.86. The number of rotatable bonds is 6. The van der Waals surface area contributed by atoms with Gasteiger partial charge in [0, 0.05) is 24.2 Å². The minimum absolute atomic E-state index is 0.0211. The molecule has 0 unspecified atom stereocenters. The molecule has 1 aromatic heterocycles. The molecule has 1 amide bonds. The first-order chi connectivity index (χ1) is 15.1. The number of amides is 1. The zero-order chi connectivity index (χ0) is 23.5. The number of nitrogens with zero attached hydrogens (tertiary/aromatic N) is 3. The van der Waals surface area contributed by atoms with E-state index in [1.165, 1.54) is 12.1 Å². The Bertz CT molecular complexity index is 1090. The van der Waals surface area contributed by atoms with Crippen LogP contribution in [0.4, 0.5) is 19.0 Å². The summed E-state index contributed by atoms with van der Waals surface area (Å²) < 4.78 is 38.8. The fourth-order valence-corrected chi connectivity index (χ4v) is 3.12. The third-order valence-electron chi connectivity index (χ3n) is 4.94. The number of alkyl halides is 3. The maximum Gasteiger partial charge on any atom is 0.416 e. The molecule has 0 saturated carbocycles. The molecular formula is C23H22ClF3N4O. The van der Waals surface area contributed by atoms with Gasteiger partial charge in [-0.15, -0.1) is 0 Å². The van der Waals surface area contributed by atoms with Crippen LogP contribution in [0.1, 0.15) is 19.4 Å². The highest BCUT2D eigenvalue weighted by Crippen LogP contribution is 2.35. The number of halogens is 4. The van der Waals surface area contributed by atoms with Gasteiger partial charge in [0.15, 0.2) is 5.82 Å². The van der Waals surface area contributed by atoms with Gasteiger partial charge in [0.1, 0.15) is 10.8 Å². The second-order valence-corrected chi connectivity index (χ2v) is 7.83. The Morgan fingerprint density at radius 3 is 2.22 bits per heavy atom. The molecule has 0 radical (unpaired) electrons. The predicted octanol–water partition coefficient (Wildman–Crippen LogP) is 5.76. The van der Waals surface area contributed by atoms with Gasteiger partial charge in [-0.3, -0.25) is 4.79 Å². The zero-order valence-corrected chi connectivity index (χ0v) is 18.5. The van der Waals surface area contributed by atoms with E-state index < -0.39 is 11.7 Å². The maximum absolute atomic E-state index is 12.9. The molecule has 3 aromatic rings. The molecule has 32 heavy (non-hydrogen) atoms. The molecule has 0 aliphatic carbocycles. The highest BCUT2D eigenvalue weighted by atomic mass is 35.5. The lowest BCUT2D eigenvalue weighted by Crippen LogP contribution is -2.37. The Labute approximate surface area is 189 Å². The number of carbonyl (C=O) groups excluding carboxylic acids is 1. The van der Waals surface area contributed by atoms with Crippen molar-refractivity contribution >= 4 is 23.3 Å². The van der Waals surface area contributed by atoms with Crippen LogP contribution in [0.5, 0.6) is 0 Å². The van der Waals surface area contributed by atoms with E-state index in [1.807, 2.05) is 44.2 Å². The van der Waals surface area contributed by atoms with Gasteiger partial charge in [0.05, 0.1) is 17.8 Å². The van der Waals surface area contributed by atoms with Crippen LogP contribution in [0, 0.1) is 0 Å². The summed E-state index contributed by atoms with van der Waals surface area (Å²) in [5, 5.41) is 3.16. The lowest BCUT2D eigenvalue weighted by atomic mass is 10.1. The third kappa shape index (κ3) is 5.37. The van der Waals surface area contributed by atoms with Crippen molar-refractivity contribution in [1.29, 1.82) is 0 Å². The van der Waals surface area contributed by atoms with E-state index in [1.54, 1.807) is 11.9 Å². The number of nitrogens with one attached hydrogen (secondary N) is 1. The van der Waals surface area contributed by atoms with Crippen molar-refractivity contribution < 1.29 is 18.0 Å². The zero-order valence-electron chi connectivity index (χ0n) is 17.7. The van der Waals surface area contributed by atoms with Crippen molar-refractivity contribution in [2.45, 2.75) is 26.1 Å². The van der Waals surface area contributed by atoms with E-state index in [-0.39, 0.29) is 35.2 Å². The van der Waals surface area contributed by atoms with Gasteiger partial charge < -0.3 is 10.2 Å². The van der Waals surface area contributed by atoms with Crippen LogP contribution in [-0.2, 0) is 11.0 Å². The molecule has 168 valence electrons. The van der Waals surface area contributed by atoms with Gasteiger partial charge in [-0.25, -0.2) is 9.97 Å². The van der Waals surface area contributed by atoms with Crippen LogP contribution in [0.15, 0.2) is 54.6 Å². The Morgan fingerprint density at radius 2 is 1.66 bits per heavy atom. The molecule has 0 atom stereocenters. The quantitative estimate of drug-likeness (QED) is 0.506. The van der Waals surface area contributed by atoms with Gasteiger partial charge in [-0.2, -0.15) is 13.2 Å². The van der Waals surface area contributed by atoms with Gasteiger partial charge >= 0.3 is 6.18 Å². The van der Waals surface area contributed by atoms with Crippen LogP contribution in [0.3, 0.4) is 0 Å². The molecule has 0 spiro atoms. The lowest BCUT2D eigenvalue weighted by molar-refractivity contribution is -0.137. The first-order valence-electron chi connectivity index (χ1n) is 9.88. The molecule has 2 aromatic carbocycles. The molecule has 3 rings (SSSR count).